The summed E-state index contributed by atoms with van der Waals surface area (Å²) < 4.78 is 10.6. The van der Waals surface area contributed by atoms with E-state index in [0.29, 0.717) is 11.4 Å². The number of nitrogen functional groups attached to an aromatic ring is 1. The first-order valence-electron chi connectivity index (χ1n) is 5.85. The highest BCUT2D eigenvalue weighted by atomic mass is 35.5. The van der Waals surface area contributed by atoms with Crippen LogP contribution >= 0.6 is 12.4 Å². The monoisotopic (exact) mass is 307 g/mol. The SMILES string of the molecule is Cl.Nc1ccc(O[C@@H]2O[C@H](CO)[C@@H](O)[C@H](O)[C@@H]2O)cc1. The Hall–Kier alpha value is -1.09. The summed E-state index contributed by atoms with van der Waals surface area (Å²) in [5.74, 6) is 0.388. The molecule has 0 radical (unpaired) electrons. The van der Waals surface area contributed by atoms with Gasteiger partial charge in [0.05, 0.1) is 6.61 Å². The van der Waals surface area contributed by atoms with Gasteiger partial charge in [0.25, 0.3) is 0 Å². The van der Waals surface area contributed by atoms with Crippen LogP contribution in [0.5, 0.6) is 5.75 Å². The van der Waals surface area contributed by atoms with Gasteiger partial charge >= 0.3 is 0 Å². The molecule has 5 atom stereocenters. The average Bonchev–Trinajstić information content (AvgIpc) is 2.42. The number of aliphatic hydroxyl groups excluding tert-OH is 4. The summed E-state index contributed by atoms with van der Waals surface area (Å²) >= 11 is 0. The van der Waals surface area contributed by atoms with Crippen LogP contribution in [-0.2, 0) is 4.74 Å². The third-order valence-electron chi connectivity index (χ3n) is 2.98. The van der Waals surface area contributed by atoms with Gasteiger partial charge in [-0.3, -0.25) is 0 Å². The van der Waals surface area contributed by atoms with Crippen molar-refractivity contribution < 1.29 is 29.9 Å². The molecule has 20 heavy (non-hydrogen) atoms. The predicted octanol–water partition coefficient (Wildman–Crippen LogP) is -1.13. The highest BCUT2D eigenvalue weighted by molar-refractivity contribution is 5.85. The van der Waals surface area contributed by atoms with Crippen LogP contribution in [0.15, 0.2) is 24.3 Å². The van der Waals surface area contributed by atoms with Crippen molar-refractivity contribution in [3.05, 3.63) is 24.3 Å². The first-order valence-corrected chi connectivity index (χ1v) is 5.85. The Morgan fingerprint density at radius 2 is 1.65 bits per heavy atom. The molecule has 0 spiro atoms. The molecular weight excluding hydrogens is 290 g/mol. The largest absolute Gasteiger partial charge is 0.462 e. The molecule has 0 unspecified atom stereocenters. The van der Waals surface area contributed by atoms with Crippen LogP contribution in [0.4, 0.5) is 5.69 Å². The zero-order valence-electron chi connectivity index (χ0n) is 10.5. The number of benzene rings is 1. The van der Waals surface area contributed by atoms with Crippen molar-refractivity contribution >= 4 is 18.1 Å². The quantitative estimate of drug-likeness (QED) is 0.447. The fourth-order valence-electron chi connectivity index (χ4n) is 1.85. The van der Waals surface area contributed by atoms with Crippen LogP contribution in [0.2, 0.25) is 0 Å². The minimum Gasteiger partial charge on any atom is -0.462 e. The van der Waals surface area contributed by atoms with E-state index in [9.17, 15) is 15.3 Å². The normalized spacial score (nSPS) is 33.3. The van der Waals surface area contributed by atoms with Crippen LogP contribution < -0.4 is 10.5 Å². The Labute approximate surface area is 122 Å². The number of ether oxygens (including phenoxy) is 2. The van der Waals surface area contributed by atoms with Crippen molar-refractivity contribution in [3.63, 3.8) is 0 Å². The lowest BCUT2D eigenvalue weighted by molar-refractivity contribution is -0.277. The molecular formula is C12H18ClNO6. The summed E-state index contributed by atoms with van der Waals surface area (Å²) in [5.41, 5.74) is 6.09. The van der Waals surface area contributed by atoms with Gasteiger partial charge < -0.3 is 35.6 Å². The molecule has 0 bridgehead atoms. The van der Waals surface area contributed by atoms with E-state index < -0.39 is 37.3 Å². The molecule has 1 heterocycles. The third kappa shape index (κ3) is 3.51. The molecule has 6 N–H and O–H groups in total. The second-order valence-corrected chi connectivity index (χ2v) is 4.38. The van der Waals surface area contributed by atoms with Gasteiger partial charge in [-0.05, 0) is 24.3 Å². The lowest BCUT2D eigenvalue weighted by Gasteiger charge is -2.39. The van der Waals surface area contributed by atoms with Gasteiger partial charge in [0.2, 0.25) is 6.29 Å². The lowest BCUT2D eigenvalue weighted by atomic mass is 9.99. The molecule has 1 aromatic carbocycles. The Balaban J connectivity index is 0.00000200. The second kappa shape index (κ2) is 7.07. The van der Waals surface area contributed by atoms with Crippen molar-refractivity contribution in [2.45, 2.75) is 30.7 Å². The van der Waals surface area contributed by atoms with Gasteiger partial charge in [-0.2, -0.15) is 0 Å². The molecule has 1 saturated heterocycles. The standard InChI is InChI=1S/C12H17NO6.ClH/c13-6-1-3-7(4-2-6)18-12-11(17)10(16)9(15)8(5-14)19-12;/h1-4,8-12,14-17H,5,13H2;1H/t8-,9-,10+,11+,12-;/m1./s1. The van der Waals surface area contributed by atoms with E-state index in [4.69, 9.17) is 20.3 Å². The molecule has 114 valence electrons. The summed E-state index contributed by atoms with van der Waals surface area (Å²) in [6, 6.07) is 6.38. The zero-order valence-corrected chi connectivity index (χ0v) is 11.3. The van der Waals surface area contributed by atoms with E-state index >= 15 is 0 Å². The van der Waals surface area contributed by atoms with E-state index in [0.717, 1.165) is 0 Å². The lowest BCUT2D eigenvalue weighted by Crippen LogP contribution is -2.60. The van der Waals surface area contributed by atoms with Crippen LogP contribution in [0, 0.1) is 0 Å². The number of anilines is 1. The van der Waals surface area contributed by atoms with Gasteiger partial charge in [0.1, 0.15) is 30.2 Å². The second-order valence-electron chi connectivity index (χ2n) is 4.38. The van der Waals surface area contributed by atoms with Gasteiger partial charge in [-0.25, -0.2) is 0 Å². The van der Waals surface area contributed by atoms with E-state index in [1.807, 2.05) is 0 Å². The molecule has 0 saturated carbocycles. The van der Waals surface area contributed by atoms with E-state index in [1.54, 1.807) is 24.3 Å². The molecule has 0 aliphatic carbocycles. The van der Waals surface area contributed by atoms with Crippen molar-refractivity contribution in [2.24, 2.45) is 0 Å². The number of nitrogens with two attached hydrogens (primary N) is 1. The Morgan fingerprint density at radius 1 is 1.05 bits per heavy atom. The molecule has 8 heteroatoms. The van der Waals surface area contributed by atoms with Crippen LogP contribution in [0.25, 0.3) is 0 Å². The van der Waals surface area contributed by atoms with Crippen molar-refractivity contribution in [1.82, 2.24) is 0 Å². The summed E-state index contributed by atoms with van der Waals surface area (Å²) in [7, 11) is 0. The number of hydrogen-bond acceptors (Lipinski definition) is 7. The van der Waals surface area contributed by atoms with E-state index in [2.05, 4.69) is 0 Å². The maximum Gasteiger partial charge on any atom is 0.229 e. The average molecular weight is 308 g/mol. The van der Waals surface area contributed by atoms with Gasteiger partial charge in [-0.15, -0.1) is 12.4 Å². The minimum absolute atomic E-state index is 0. The summed E-state index contributed by atoms with van der Waals surface area (Å²) in [4.78, 5) is 0. The molecule has 1 aliphatic rings. The molecule has 0 aromatic heterocycles. The Morgan fingerprint density at radius 3 is 2.20 bits per heavy atom. The van der Waals surface area contributed by atoms with Crippen molar-refractivity contribution in [3.8, 4) is 5.75 Å². The van der Waals surface area contributed by atoms with Crippen LogP contribution in [0.3, 0.4) is 0 Å². The summed E-state index contributed by atoms with van der Waals surface area (Å²) in [6.45, 7) is -0.494. The van der Waals surface area contributed by atoms with E-state index in [1.165, 1.54) is 0 Å². The first-order chi connectivity index (χ1) is 9.02. The minimum atomic E-state index is -1.45. The van der Waals surface area contributed by atoms with Crippen LogP contribution in [-0.4, -0.2) is 57.7 Å². The number of halogens is 1. The number of hydrogen-bond donors (Lipinski definition) is 5. The molecule has 1 fully saturated rings. The van der Waals surface area contributed by atoms with Crippen LogP contribution in [0.1, 0.15) is 0 Å². The molecule has 7 nitrogen and oxygen atoms in total. The Bertz CT molecular complexity index is 415. The Kier molecular flexibility index (Phi) is 6.00. The number of rotatable bonds is 3. The van der Waals surface area contributed by atoms with Gasteiger partial charge in [-0.1, -0.05) is 0 Å². The van der Waals surface area contributed by atoms with Gasteiger partial charge in [0, 0.05) is 5.69 Å². The molecule has 1 aromatic rings. The maximum atomic E-state index is 9.77. The number of aliphatic hydroxyl groups is 4. The van der Waals surface area contributed by atoms with Crippen molar-refractivity contribution in [2.75, 3.05) is 12.3 Å². The molecule has 0 amide bonds. The van der Waals surface area contributed by atoms with Gasteiger partial charge in [0.15, 0.2) is 0 Å². The smallest absolute Gasteiger partial charge is 0.229 e. The summed E-state index contributed by atoms with van der Waals surface area (Å²) in [5, 5.41) is 38.0. The highest BCUT2D eigenvalue weighted by Gasteiger charge is 2.44. The highest BCUT2D eigenvalue weighted by Crippen LogP contribution is 2.24. The fourth-order valence-corrected chi connectivity index (χ4v) is 1.85. The predicted molar refractivity (Wildman–Crippen MR) is 72.5 cm³/mol. The summed E-state index contributed by atoms with van der Waals surface area (Å²) in [6.07, 6.45) is -6.44. The molecule has 2 rings (SSSR count). The van der Waals surface area contributed by atoms with Crippen molar-refractivity contribution in [1.29, 1.82) is 0 Å². The van der Waals surface area contributed by atoms with E-state index in [-0.39, 0.29) is 12.4 Å². The topological polar surface area (TPSA) is 125 Å². The first kappa shape index (κ1) is 17.0. The zero-order chi connectivity index (χ0) is 14.0. The maximum absolute atomic E-state index is 9.77. The fraction of sp³-hybridized carbons (Fsp3) is 0.500. The third-order valence-corrected chi connectivity index (χ3v) is 2.98. The molecule has 1 aliphatic heterocycles.